The van der Waals surface area contributed by atoms with E-state index in [4.69, 9.17) is 4.74 Å². The first-order chi connectivity index (χ1) is 7.85. The van der Waals surface area contributed by atoms with Gasteiger partial charge in [0.05, 0.1) is 11.4 Å². The van der Waals surface area contributed by atoms with Gasteiger partial charge in [-0.3, -0.25) is 0 Å². The molecule has 0 N–H and O–H groups in total. The molecule has 1 aliphatic heterocycles. The van der Waals surface area contributed by atoms with Crippen LogP contribution in [0, 0.1) is 0 Å². The summed E-state index contributed by atoms with van der Waals surface area (Å²) < 4.78 is 7.90. The molecule has 0 amide bonds. The lowest BCUT2D eigenvalue weighted by molar-refractivity contribution is 0.0151. The van der Waals surface area contributed by atoms with Crippen molar-refractivity contribution >= 4 is 15.9 Å². The zero-order valence-corrected chi connectivity index (χ0v) is 11.2. The van der Waals surface area contributed by atoms with Crippen LogP contribution < -0.4 is 0 Å². The number of ether oxygens (including phenoxy) is 1. The van der Waals surface area contributed by atoms with Crippen molar-refractivity contribution in [3.05, 3.63) is 11.6 Å². The van der Waals surface area contributed by atoms with Gasteiger partial charge in [-0.1, -0.05) is 15.9 Å². The number of alkyl halides is 1. The zero-order chi connectivity index (χ0) is 11.4. The molecule has 1 fully saturated rings. The summed E-state index contributed by atoms with van der Waals surface area (Å²) in [6, 6.07) is 0. The molecule has 0 aromatic carbocycles. The predicted octanol–water partition coefficient (Wildman–Crippen LogP) is 2.30. The van der Waals surface area contributed by atoms with Crippen molar-refractivity contribution < 1.29 is 4.74 Å². The van der Waals surface area contributed by atoms with E-state index in [9.17, 15) is 0 Å². The first-order valence-corrected chi connectivity index (χ1v) is 7.05. The van der Waals surface area contributed by atoms with Gasteiger partial charge in [-0.05, 0) is 26.2 Å². The maximum atomic E-state index is 5.73. The molecule has 0 saturated carbocycles. The summed E-state index contributed by atoms with van der Waals surface area (Å²) >= 11 is 3.43. The molecule has 0 aliphatic carbocycles. The molecule has 1 aliphatic rings. The minimum atomic E-state index is 0.339. The number of halogens is 1. The molecular weight excluding hydrogens is 270 g/mol. The van der Waals surface area contributed by atoms with Crippen molar-refractivity contribution in [3.63, 3.8) is 0 Å². The number of hydrogen-bond acceptors (Lipinski definition) is 3. The van der Waals surface area contributed by atoms with Crippen molar-refractivity contribution in [2.45, 2.75) is 50.6 Å². The quantitative estimate of drug-likeness (QED) is 0.798. The second kappa shape index (κ2) is 5.77. The van der Waals surface area contributed by atoms with Gasteiger partial charge in [-0.2, -0.15) is 0 Å². The molecule has 1 unspecified atom stereocenters. The lowest BCUT2D eigenvalue weighted by atomic mass is 10.1. The maximum absolute atomic E-state index is 5.73. The summed E-state index contributed by atoms with van der Waals surface area (Å²) in [5.74, 6) is 2.07. The van der Waals surface area contributed by atoms with Gasteiger partial charge in [0.1, 0.15) is 11.6 Å². The largest absolute Gasteiger partial charge is 0.378 e. The Morgan fingerprint density at radius 1 is 1.38 bits per heavy atom. The summed E-state index contributed by atoms with van der Waals surface area (Å²) in [5, 5.41) is 9.20. The van der Waals surface area contributed by atoms with E-state index >= 15 is 0 Å². The SMILES string of the molecule is CCn1c(CBr)nnc1CC1CCCCO1. The lowest BCUT2D eigenvalue weighted by Crippen LogP contribution is -2.23. The van der Waals surface area contributed by atoms with Gasteiger partial charge < -0.3 is 9.30 Å². The summed E-state index contributed by atoms with van der Waals surface area (Å²) in [4.78, 5) is 0. The fourth-order valence-corrected chi connectivity index (χ4v) is 2.57. The molecule has 1 aromatic heterocycles. The van der Waals surface area contributed by atoms with E-state index in [2.05, 4.69) is 37.6 Å². The van der Waals surface area contributed by atoms with Crippen LogP contribution in [0.25, 0.3) is 0 Å². The standard InChI is InChI=1S/C11H18BrN3O/c1-2-15-10(13-14-11(15)8-12)7-9-5-3-4-6-16-9/h9H,2-8H2,1H3. The third-order valence-corrected chi connectivity index (χ3v) is 3.53. The molecule has 1 saturated heterocycles. The van der Waals surface area contributed by atoms with Crippen LogP contribution in [0.3, 0.4) is 0 Å². The highest BCUT2D eigenvalue weighted by atomic mass is 79.9. The molecule has 1 atom stereocenters. The first-order valence-electron chi connectivity index (χ1n) is 5.93. The van der Waals surface area contributed by atoms with Gasteiger partial charge in [0, 0.05) is 19.6 Å². The highest BCUT2D eigenvalue weighted by Crippen LogP contribution is 2.17. The van der Waals surface area contributed by atoms with Gasteiger partial charge in [-0.15, -0.1) is 10.2 Å². The van der Waals surface area contributed by atoms with Gasteiger partial charge in [0.15, 0.2) is 0 Å². The second-order valence-corrected chi connectivity index (χ2v) is 4.66. The van der Waals surface area contributed by atoms with Crippen LogP contribution >= 0.6 is 15.9 Å². The Morgan fingerprint density at radius 3 is 2.81 bits per heavy atom. The van der Waals surface area contributed by atoms with Gasteiger partial charge in [0.2, 0.25) is 0 Å². The molecule has 90 valence electrons. The normalized spacial score (nSPS) is 21.2. The molecule has 1 aromatic rings. The third-order valence-electron chi connectivity index (χ3n) is 3.02. The molecular formula is C11H18BrN3O. The highest BCUT2D eigenvalue weighted by Gasteiger charge is 2.18. The molecule has 2 rings (SSSR count). The van der Waals surface area contributed by atoms with Gasteiger partial charge >= 0.3 is 0 Å². The van der Waals surface area contributed by atoms with E-state index < -0.39 is 0 Å². The molecule has 2 heterocycles. The van der Waals surface area contributed by atoms with E-state index in [-0.39, 0.29) is 0 Å². The summed E-state index contributed by atoms with van der Waals surface area (Å²) in [6.45, 7) is 3.95. The fraction of sp³-hybridized carbons (Fsp3) is 0.818. The summed E-state index contributed by atoms with van der Waals surface area (Å²) in [6.07, 6.45) is 4.86. The Balaban J connectivity index is 2.05. The molecule has 0 radical (unpaired) electrons. The fourth-order valence-electron chi connectivity index (χ4n) is 2.16. The number of rotatable bonds is 4. The topological polar surface area (TPSA) is 39.9 Å². The molecule has 16 heavy (non-hydrogen) atoms. The Kier molecular flexibility index (Phi) is 4.35. The van der Waals surface area contributed by atoms with E-state index in [0.29, 0.717) is 6.10 Å². The van der Waals surface area contributed by atoms with E-state index in [0.717, 1.165) is 43.0 Å². The van der Waals surface area contributed by atoms with Crippen molar-refractivity contribution in [1.82, 2.24) is 14.8 Å². The van der Waals surface area contributed by atoms with Gasteiger partial charge in [-0.25, -0.2) is 0 Å². The molecule has 4 nitrogen and oxygen atoms in total. The van der Waals surface area contributed by atoms with E-state index in [1.165, 1.54) is 12.8 Å². The minimum absolute atomic E-state index is 0.339. The Hall–Kier alpha value is -0.420. The van der Waals surface area contributed by atoms with E-state index in [1.807, 2.05) is 0 Å². The van der Waals surface area contributed by atoms with Crippen molar-refractivity contribution in [1.29, 1.82) is 0 Å². The molecule has 5 heteroatoms. The van der Waals surface area contributed by atoms with Crippen LogP contribution in [0.4, 0.5) is 0 Å². The monoisotopic (exact) mass is 287 g/mol. The maximum Gasteiger partial charge on any atom is 0.143 e. The Labute approximate surface area is 105 Å². The van der Waals surface area contributed by atoms with Crippen LogP contribution in [0.1, 0.15) is 37.8 Å². The third kappa shape index (κ3) is 2.63. The summed E-state index contributed by atoms with van der Waals surface area (Å²) in [5.41, 5.74) is 0. The summed E-state index contributed by atoms with van der Waals surface area (Å²) in [7, 11) is 0. The van der Waals surface area contributed by atoms with Crippen LogP contribution in [-0.4, -0.2) is 27.5 Å². The van der Waals surface area contributed by atoms with Crippen LogP contribution in [0.5, 0.6) is 0 Å². The smallest absolute Gasteiger partial charge is 0.143 e. The Morgan fingerprint density at radius 2 is 2.19 bits per heavy atom. The van der Waals surface area contributed by atoms with Crippen molar-refractivity contribution in [2.75, 3.05) is 6.61 Å². The van der Waals surface area contributed by atoms with Crippen LogP contribution in [0.2, 0.25) is 0 Å². The lowest BCUT2D eigenvalue weighted by Gasteiger charge is -2.22. The first kappa shape index (κ1) is 12.0. The number of nitrogens with zero attached hydrogens (tertiary/aromatic N) is 3. The zero-order valence-electron chi connectivity index (χ0n) is 9.65. The molecule has 0 bridgehead atoms. The Bertz CT molecular complexity index is 334. The van der Waals surface area contributed by atoms with Crippen LogP contribution in [-0.2, 0) is 23.0 Å². The predicted molar refractivity (Wildman–Crippen MR) is 65.6 cm³/mol. The average Bonchev–Trinajstić information content (AvgIpc) is 2.72. The minimum Gasteiger partial charge on any atom is -0.378 e. The molecule has 0 spiro atoms. The second-order valence-electron chi connectivity index (χ2n) is 4.10. The van der Waals surface area contributed by atoms with Crippen molar-refractivity contribution in [3.8, 4) is 0 Å². The van der Waals surface area contributed by atoms with Crippen molar-refractivity contribution in [2.24, 2.45) is 0 Å². The highest BCUT2D eigenvalue weighted by molar-refractivity contribution is 9.08. The van der Waals surface area contributed by atoms with E-state index in [1.54, 1.807) is 0 Å². The number of hydrogen-bond donors (Lipinski definition) is 0. The number of aromatic nitrogens is 3. The van der Waals surface area contributed by atoms with Crippen LogP contribution in [0.15, 0.2) is 0 Å². The van der Waals surface area contributed by atoms with Gasteiger partial charge in [0.25, 0.3) is 0 Å². The average molecular weight is 288 g/mol.